The predicted octanol–water partition coefficient (Wildman–Crippen LogP) is 3.48. The number of piperidine rings is 1. The molecule has 0 saturated carbocycles. The van der Waals surface area contributed by atoms with Crippen LogP contribution in [0.15, 0.2) is 18.2 Å². The van der Waals surface area contributed by atoms with Crippen LogP contribution >= 0.6 is 23.2 Å². The Balaban J connectivity index is 1.72. The molecular weight excluding hydrogens is 285 g/mol. The first-order chi connectivity index (χ1) is 9.19. The minimum absolute atomic E-state index is 0.419. The van der Waals surface area contributed by atoms with Crippen LogP contribution in [-0.2, 0) is 4.74 Å². The topological polar surface area (TPSA) is 21.7 Å². The molecule has 1 heterocycles. The molecule has 106 valence electrons. The molecule has 0 amide bonds. The van der Waals surface area contributed by atoms with Gasteiger partial charge in [-0.2, -0.15) is 0 Å². The zero-order chi connectivity index (χ0) is 13.7. The van der Waals surface area contributed by atoms with E-state index in [1.54, 1.807) is 19.2 Å². The van der Waals surface area contributed by atoms with E-state index in [9.17, 15) is 0 Å². The Hall–Kier alpha value is -0.480. The van der Waals surface area contributed by atoms with Crippen molar-refractivity contribution in [1.82, 2.24) is 4.90 Å². The SMILES string of the molecule is COC1CCN(CCOc2ccc(Cl)cc2Cl)CC1. The quantitative estimate of drug-likeness (QED) is 0.831. The van der Waals surface area contributed by atoms with Crippen molar-refractivity contribution < 1.29 is 9.47 Å². The van der Waals surface area contributed by atoms with E-state index < -0.39 is 0 Å². The molecule has 1 aliphatic heterocycles. The maximum atomic E-state index is 6.05. The molecular formula is C14H19Cl2NO2. The van der Waals surface area contributed by atoms with E-state index in [2.05, 4.69) is 4.90 Å². The van der Waals surface area contributed by atoms with E-state index in [0.717, 1.165) is 32.5 Å². The van der Waals surface area contributed by atoms with Gasteiger partial charge in [0.2, 0.25) is 0 Å². The Labute approximate surface area is 124 Å². The fraction of sp³-hybridized carbons (Fsp3) is 0.571. The third-order valence-corrected chi connectivity index (χ3v) is 3.96. The molecule has 2 rings (SSSR count). The van der Waals surface area contributed by atoms with E-state index in [1.807, 2.05) is 6.07 Å². The van der Waals surface area contributed by atoms with E-state index in [0.29, 0.717) is 28.5 Å². The van der Waals surface area contributed by atoms with Gasteiger partial charge in [0.1, 0.15) is 12.4 Å². The summed E-state index contributed by atoms with van der Waals surface area (Å²) in [5.41, 5.74) is 0. The molecule has 0 aromatic heterocycles. The van der Waals surface area contributed by atoms with Crippen molar-refractivity contribution in [2.75, 3.05) is 33.4 Å². The smallest absolute Gasteiger partial charge is 0.138 e. The Morgan fingerprint density at radius 1 is 1.26 bits per heavy atom. The van der Waals surface area contributed by atoms with Crippen molar-refractivity contribution in [1.29, 1.82) is 0 Å². The summed E-state index contributed by atoms with van der Waals surface area (Å²) in [6.07, 6.45) is 2.61. The summed E-state index contributed by atoms with van der Waals surface area (Å²) in [5.74, 6) is 0.692. The van der Waals surface area contributed by atoms with Crippen LogP contribution in [-0.4, -0.2) is 44.4 Å². The number of hydrogen-bond donors (Lipinski definition) is 0. The van der Waals surface area contributed by atoms with Gasteiger partial charge in [0.05, 0.1) is 11.1 Å². The molecule has 3 nitrogen and oxygen atoms in total. The molecule has 0 aliphatic carbocycles. The highest BCUT2D eigenvalue weighted by Gasteiger charge is 2.18. The summed E-state index contributed by atoms with van der Waals surface area (Å²) in [7, 11) is 1.78. The lowest BCUT2D eigenvalue weighted by molar-refractivity contribution is 0.0375. The maximum Gasteiger partial charge on any atom is 0.138 e. The van der Waals surface area contributed by atoms with Crippen molar-refractivity contribution in [3.8, 4) is 5.75 Å². The molecule has 0 atom stereocenters. The fourth-order valence-corrected chi connectivity index (χ4v) is 2.71. The maximum absolute atomic E-state index is 6.05. The number of ether oxygens (including phenoxy) is 2. The summed E-state index contributed by atoms with van der Waals surface area (Å²) < 4.78 is 11.0. The molecule has 1 aliphatic rings. The molecule has 1 fully saturated rings. The number of hydrogen-bond acceptors (Lipinski definition) is 3. The third-order valence-electron chi connectivity index (χ3n) is 3.43. The van der Waals surface area contributed by atoms with Crippen molar-refractivity contribution in [2.24, 2.45) is 0 Å². The van der Waals surface area contributed by atoms with E-state index in [4.69, 9.17) is 32.7 Å². The molecule has 1 aromatic carbocycles. The highest BCUT2D eigenvalue weighted by atomic mass is 35.5. The van der Waals surface area contributed by atoms with Gasteiger partial charge in [0.15, 0.2) is 0 Å². The summed E-state index contributed by atoms with van der Waals surface area (Å²) in [6.45, 7) is 3.68. The van der Waals surface area contributed by atoms with Crippen LogP contribution in [0.5, 0.6) is 5.75 Å². The van der Waals surface area contributed by atoms with Gasteiger partial charge in [-0.15, -0.1) is 0 Å². The first-order valence-electron chi connectivity index (χ1n) is 6.52. The molecule has 1 saturated heterocycles. The Bertz CT molecular complexity index is 406. The first-order valence-corrected chi connectivity index (χ1v) is 7.27. The zero-order valence-corrected chi connectivity index (χ0v) is 12.6. The number of rotatable bonds is 5. The largest absolute Gasteiger partial charge is 0.491 e. The van der Waals surface area contributed by atoms with Crippen LogP contribution in [0.25, 0.3) is 0 Å². The fourth-order valence-electron chi connectivity index (χ4n) is 2.25. The number of likely N-dealkylation sites (tertiary alicyclic amines) is 1. The Morgan fingerprint density at radius 3 is 2.63 bits per heavy atom. The van der Waals surface area contributed by atoms with Crippen LogP contribution in [0.3, 0.4) is 0 Å². The van der Waals surface area contributed by atoms with Gasteiger partial charge in [0, 0.05) is 31.8 Å². The van der Waals surface area contributed by atoms with Gasteiger partial charge in [-0.1, -0.05) is 23.2 Å². The van der Waals surface area contributed by atoms with Gasteiger partial charge >= 0.3 is 0 Å². The van der Waals surface area contributed by atoms with Crippen LogP contribution in [0.2, 0.25) is 10.0 Å². The van der Waals surface area contributed by atoms with Crippen LogP contribution in [0, 0.1) is 0 Å². The van der Waals surface area contributed by atoms with Crippen LogP contribution in [0.4, 0.5) is 0 Å². The zero-order valence-electron chi connectivity index (χ0n) is 11.1. The molecule has 0 bridgehead atoms. The normalized spacial score (nSPS) is 17.6. The lowest BCUT2D eigenvalue weighted by atomic mass is 10.1. The summed E-state index contributed by atoms with van der Waals surface area (Å²) in [6, 6.07) is 5.29. The van der Waals surface area contributed by atoms with E-state index >= 15 is 0 Å². The Morgan fingerprint density at radius 2 is 2.00 bits per heavy atom. The monoisotopic (exact) mass is 303 g/mol. The second-order valence-corrected chi connectivity index (χ2v) is 5.54. The molecule has 5 heteroatoms. The summed E-state index contributed by atoms with van der Waals surface area (Å²) >= 11 is 11.9. The van der Waals surface area contributed by atoms with Gasteiger partial charge < -0.3 is 9.47 Å². The molecule has 0 radical (unpaired) electrons. The van der Waals surface area contributed by atoms with Gasteiger partial charge in [-0.25, -0.2) is 0 Å². The molecule has 0 N–H and O–H groups in total. The standard InChI is InChI=1S/C14H19Cl2NO2/c1-18-12-4-6-17(7-5-12)8-9-19-14-3-2-11(15)10-13(14)16/h2-3,10,12H,4-9H2,1H3. The summed E-state index contributed by atoms with van der Waals surface area (Å²) in [4.78, 5) is 2.39. The summed E-state index contributed by atoms with van der Waals surface area (Å²) in [5, 5.41) is 1.18. The van der Waals surface area contributed by atoms with E-state index in [-0.39, 0.29) is 0 Å². The highest BCUT2D eigenvalue weighted by Crippen LogP contribution is 2.27. The molecule has 0 spiro atoms. The van der Waals surface area contributed by atoms with Crippen molar-refractivity contribution >= 4 is 23.2 Å². The number of benzene rings is 1. The Kier molecular flexibility index (Phi) is 5.76. The van der Waals surface area contributed by atoms with Crippen molar-refractivity contribution in [3.63, 3.8) is 0 Å². The second kappa shape index (κ2) is 7.34. The predicted molar refractivity (Wildman–Crippen MR) is 78.4 cm³/mol. The minimum Gasteiger partial charge on any atom is -0.491 e. The number of methoxy groups -OCH3 is 1. The van der Waals surface area contributed by atoms with E-state index in [1.165, 1.54) is 0 Å². The first kappa shape index (κ1) is 14.9. The average molecular weight is 304 g/mol. The van der Waals surface area contributed by atoms with Gasteiger partial charge in [-0.3, -0.25) is 4.90 Å². The van der Waals surface area contributed by atoms with Crippen molar-refractivity contribution in [2.45, 2.75) is 18.9 Å². The lowest BCUT2D eigenvalue weighted by Crippen LogP contribution is -2.38. The minimum atomic E-state index is 0.419. The highest BCUT2D eigenvalue weighted by molar-refractivity contribution is 6.35. The third kappa shape index (κ3) is 4.53. The number of halogens is 2. The van der Waals surface area contributed by atoms with Gasteiger partial charge in [-0.05, 0) is 31.0 Å². The average Bonchev–Trinajstić information content (AvgIpc) is 2.42. The van der Waals surface area contributed by atoms with Crippen LogP contribution < -0.4 is 4.74 Å². The molecule has 19 heavy (non-hydrogen) atoms. The second-order valence-electron chi connectivity index (χ2n) is 4.70. The number of nitrogens with zero attached hydrogens (tertiary/aromatic N) is 1. The lowest BCUT2D eigenvalue weighted by Gasteiger charge is -2.30. The van der Waals surface area contributed by atoms with Gasteiger partial charge in [0.25, 0.3) is 0 Å². The molecule has 1 aromatic rings. The molecule has 0 unspecified atom stereocenters. The van der Waals surface area contributed by atoms with Crippen LogP contribution in [0.1, 0.15) is 12.8 Å². The van der Waals surface area contributed by atoms with Crippen molar-refractivity contribution in [3.05, 3.63) is 28.2 Å².